The van der Waals surface area contributed by atoms with E-state index in [-0.39, 0.29) is 5.91 Å². The molecule has 7 heteroatoms. The van der Waals surface area contributed by atoms with Crippen LogP contribution in [-0.4, -0.2) is 32.9 Å². The molecular weight excluding hydrogens is 306 g/mol. The molecule has 1 aromatic heterocycles. The first-order chi connectivity index (χ1) is 11.5. The van der Waals surface area contributed by atoms with Gasteiger partial charge in [0, 0.05) is 25.5 Å². The van der Waals surface area contributed by atoms with Crippen LogP contribution in [0.5, 0.6) is 0 Å². The fourth-order valence-electron chi connectivity index (χ4n) is 2.83. The average Bonchev–Trinajstić information content (AvgIpc) is 3.18. The predicted octanol–water partition coefficient (Wildman–Crippen LogP) is 1.61. The summed E-state index contributed by atoms with van der Waals surface area (Å²) >= 11 is 0. The minimum atomic E-state index is -1.14. The third-order valence-electron chi connectivity index (χ3n) is 4.20. The van der Waals surface area contributed by atoms with Gasteiger partial charge in [0.25, 0.3) is 5.91 Å². The number of aryl methyl sites for hydroxylation is 1. The molecule has 1 N–H and O–H groups in total. The third kappa shape index (κ3) is 2.74. The first kappa shape index (κ1) is 15.7. The maximum Gasteiger partial charge on any atom is 0.325 e. The highest BCUT2D eigenvalue weighted by Gasteiger charge is 2.48. The molecule has 7 nitrogen and oxygen atoms in total. The molecule has 1 saturated heterocycles. The molecule has 0 aliphatic carbocycles. The Bertz CT molecular complexity index is 809. The molecule has 1 aliphatic rings. The summed E-state index contributed by atoms with van der Waals surface area (Å²) in [5, 5.41) is 11.8. The number of imidazole rings is 1. The van der Waals surface area contributed by atoms with Gasteiger partial charge in [-0.15, -0.1) is 0 Å². The lowest BCUT2D eigenvalue weighted by molar-refractivity contribution is -0.131. The number of hydrogen-bond acceptors (Lipinski definition) is 4. The normalized spacial score (nSPS) is 20.1. The first-order valence-electron chi connectivity index (χ1n) is 7.65. The molecule has 0 spiro atoms. The van der Waals surface area contributed by atoms with Gasteiger partial charge < -0.3 is 9.88 Å². The number of hydrogen-bond donors (Lipinski definition) is 1. The Morgan fingerprint density at radius 2 is 2.17 bits per heavy atom. The fraction of sp³-hybridized carbons (Fsp3) is 0.294. The standard InChI is InChI=1S/C17H17N5O2/c1-17(14-5-2-4-13(10-14)11-18)15(23)22(16(24)20-17)8-3-7-21-9-6-19-12-21/h2,4-6,9-10,12H,3,7-8H2,1H3,(H,20,24)/t17-/m1/s1. The molecular formula is C17H17N5O2. The van der Waals surface area contributed by atoms with Gasteiger partial charge in [-0.2, -0.15) is 5.26 Å². The smallest absolute Gasteiger partial charge is 0.325 e. The minimum absolute atomic E-state index is 0.298. The summed E-state index contributed by atoms with van der Waals surface area (Å²) in [6, 6.07) is 8.39. The molecule has 2 aromatic rings. The maximum absolute atomic E-state index is 12.8. The number of carbonyl (C=O) groups is 2. The quantitative estimate of drug-likeness (QED) is 0.846. The van der Waals surface area contributed by atoms with Crippen LogP contribution in [0.4, 0.5) is 4.79 Å². The highest BCUT2D eigenvalue weighted by atomic mass is 16.2. The van der Waals surface area contributed by atoms with E-state index in [1.807, 2.05) is 16.8 Å². The molecule has 1 fully saturated rings. The average molecular weight is 323 g/mol. The van der Waals surface area contributed by atoms with Crippen molar-refractivity contribution in [1.82, 2.24) is 19.8 Å². The Morgan fingerprint density at radius 1 is 1.33 bits per heavy atom. The molecule has 1 atom stereocenters. The molecule has 3 amide bonds. The Hall–Kier alpha value is -3.14. The van der Waals surface area contributed by atoms with E-state index in [4.69, 9.17) is 5.26 Å². The summed E-state index contributed by atoms with van der Waals surface area (Å²) in [6.45, 7) is 2.67. The van der Waals surface area contributed by atoms with Crippen LogP contribution in [0.25, 0.3) is 0 Å². The van der Waals surface area contributed by atoms with Crippen LogP contribution in [0, 0.1) is 11.3 Å². The van der Waals surface area contributed by atoms with E-state index in [1.165, 1.54) is 4.90 Å². The second-order valence-electron chi connectivity index (χ2n) is 5.86. The van der Waals surface area contributed by atoms with E-state index >= 15 is 0 Å². The summed E-state index contributed by atoms with van der Waals surface area (Å²) in [5.41, 5.74) is -0.0785. The Balaban J connectivity index is 1.74. The molecule has 3 rings (SSSR count). The van der Waals surface area contributed by atoms with E-state index in [9.17, 15) is 9.59 Å². The van der Waals surface area contributed by atoms with Gasteiger partial charge in [0.2, 0.25) is 0 Å². The summed E-state index contributed by atoms with van der Waals surface area (Å²) in [5.74, 6) is -0.298. The van der Waals surface area contributed by atoms with Gasteiger partial charge in [-0.05, 0) is 31.0 Å². The van der Waals surface area contributed by atoms with E-state index < -0.39 is 11.6 Å². The molecule has 2 heterocycles. The number of nitrogens with one attached hydrogen (secondary N) is 1. The monoisotopic (exact) mass is 323 g/mol. The highest BCUT2D eigenvalue weighted by Crippen LogP contribution is 2.29. The van der Waals surface area contributed by atoms with Crippen LogP contribution < -0.4 is 5.32 Å². The number of nitriles is 1. The van der Waals surface area contributed by atoms with Crippen LogP contribution in [0.3, 0.4) is 0 Å². The number of carbonyl (C=O) groups excluding carboxylic acids is 2. The zero-order valence-electron chi connectivity index (χ0n) is 13.3. The molecule has 0 unspecified atom stereocenters. The van der Waals surface area contributed by atoms with Crippen molar-refractivity contribution < 1.29 is 9.59 Å². The van der Waals surface area contributed by atoms with Crippen LogP contribution in [-0.2, 0) is 16.9 Å². The van der Waals surface area contributed by atoms with Crippen LogP contribution in [0.1, 0.15) is 24.5 Å². The maximum atomic E-state index is 12.8. The molecule has 0 saturated carbocycles. The lowest BCUT2D eigenvalue weighted by Gasteiger charge is -2.22. The van der Waals surface area contributed by atoms with Gasteiger partial charge >= 0.3 is 6.03 Å². The largest absolute Gasteiger partial charge is 0.337 e. The zero-order valence-corrected chi connectivity index (χ0v) is 13.3. The number of nitrogens with zero attached hydrogens (tertiary/aromatic N) is 4. The van der Waals surface area contributed by atoms with Crippen molar-refractivity contribution in [3.63, 3.8) is 0 Å². The zero-order chi connectivity index (χ0) is 17.2. The third-order valence-corrected chi connectivity index (χ3v) is 4.20. The van der Waals surface area contributed by atoms with Gasteiger partial charge in [-0.1, -0.05) is 12.1 Å². The van der Waals surface area contributed by atoms with E-state index in [2.05, 4.69) is 10.3 Å². The van der Waals surface area contributed by atoms with Gasteiger partial charge in [-0.25, -0.2) is 9.78 Å². The number of rotatable bonds is 5. The summed E-state index contributed by atoms with van der Waals surface area (Å²) in [6.07, 6.45) is 5.86. The number of imide groups is 1. The van der Waals surface area contributed by atoms with Crippen molar-refractivity contribution in [3.8, 4) is 6.07 Å². The van der Waals surface area contributed by atoms with Crippen molar-refractivity contribution >= 4 is 11.9 Å². The molecule has 1 aromatic carbocycles. The van der Waals surface area contributed by atoms with Crippen molar-refractivity contribution in [2.24, 2.45) is 0 Å². The van der Waals surface area contributed by atoms with Crippen LogP contribution >= 0.6 is 0 Å². The van der Waals surface area contributed by atoms with Gasteiger partial charge in [-0.3, -0.25) is 9.69 Å². The number of benzene rings is 1. The molecule has 0 radical (unpaired) electrons. The molecule has 24 heavy (non-hydrogen) atoms. The Kier molecular flexibility index (Phi) is 4.04. The molecule has 1 aliphatic heterocycles. The summed E-state index contributed by atoms with van der Waals surface area (Å²) < 4.78 is 1.90. The Labute approximate surface area is 139 Å². The lowest BCUT2D eigenvalue weighted by atomic mass is 9.91. The van der Waals surface area contributed by atoms with Crippen molar-refractivity contribution in [2.75, 3.05) is 6.54 Å². The van der Waals surface area contributed by atoms with E-state index in [0.29, 0.717) is 30.6 Å². The Morgan fingerprint density at radius 3 is 2.88 bits per heavy atom. The SMILES string of the molecule is C[C@]1(c2cccc(C#N)c2)NC(=O)N(CCCn2ccnc2)C1=O. The predicted molar refractivity (Wildman–Crippen MR) is 85.6 cm³/mol. The van der Waals surface area contributed by atoms with Gasteiger partial charge in [0.1, 0.15) is 5.54 Å². The van der Waals surface area contributed by atoms with E-state index in [1.54, 1.807) is 43.7 Å². The van der Waals surface area contributed by atoms with Gasteiger partial charge in [0.05, 0.1) is 18.0 Å². The number of amides is 3. The van der Waals surface area contributed by atoms with Gasteiger partial charge in [0.15, 0.2) is 0 Å². The summed E-state index contributed by atoms with van der Waals surface area (Å²) in [4.78, 5) is 30.2. The first-order valence-corrected chi connectivity index (χ1v) is 7.65. The lowest BCUT2D eigenvalue weighted by Crippen LogP contribution is -2.41. The van der Waals surface area contributed by atoms with Crippen molar-refractivity contribution in [3.05, 3.63) is 54.1 Å². The molecule has 0 bridgehead atoms. The van der Waals surface area contributed by atoms with Crippen LogP contribution in [0.2, 0.25) is 0 Å². The van der Waals surface area contributed by atoms with Crippen molar-refractivity contribution in [2.45, 2.75) is 25.4 Å². The van der Waals surface area contributed by atoms with Crippen LogP contribution in [0.15, 0.2) is 43.0 Å². The summed E-state index contributed by atoms with van der Waals surface area (Å²) in [7, 11) is 0. The fourth-order valence-corrected chi connectivity index (χ4v) is 2.83. The molecule has 122 valence electrons. The minimum Gasteiger partial charge on any atom is -0.337 e. The highest BCUT2D eigenvalue weighted by molar-refractivity contribution is 6.07. The van der Waals surface area contributed by atoms with Crippen molar-refractivity contribution in [1.29, 1.82) is 5.26 Å². The number of urea groups is 1. The second kappa shape index (κ2) is 6.16. The van der Waals surface area contributed by atoms with E-state index in [0.717, 1.165) is 0 Å². The number of aromatic nitrogens is 2. The topological polar surface area (TPSA) is 91.0 Å². The second-order valence-corrected chi connectivity index (χ2v) is 5.86.